The van der Waals surface area contributed by atoms with Gasteiger partial charge in [0.2, 0.25) is 0 Å². The molecule has 0 heterocycles. The van der Waals surface area contributed by atoms with Crippen LogP contribution in [0.1, 0.15) is 11.1 Å². The van der Waals surface area contributed by atoms with E-state index in [0.29, 0.717) is 12.1 Å². The average Bonchev–Trinajstić information content (AvgIpc) is 2.76. The molecular weight excluding hydrogens is 384 g/mol. The minimum atomic E-state index is -0.679. The Morgan fingerprint density at radius 3 is 2.20 bits per heavy atom. The van der Waals surface area contributed by atoms with Crippen molar-refractivity contribution in [2.45, 2.75) is 6.42 Å². The predicted molar refractivity (Wildman–Crippen MR) is 116 cm³/mol. The SMILES string of the molecule is O=[N+]([O-])c1ccc(N/N=C(\C=C\c2ccccc2)Cc2ccccc2)c([N+](=O)[O-])c1. The lowest BCUT2D eigenvalue weighted by Gasteiger charge is -2.06. The molecule has 0 atom stereocenters. The zero-order valence-corrected chi connectivity index (χ0v) is 15.8. The van der Waals surface area contributed by atoms with Gasteiger partial charge in [0.1, 0.15) is 5.69 Å². The minimum absolute atomic E-state index is 0.0734. The molecule has 3 aromatic carbocycles. The summed E-state index contributed by atoms with van der Waals surface area (Å²) in [6.07, 6.45) is 4.22. The smallest absolute Gasteiger partial charge is 0.271 e. The first-order chi connectivity index (χ1) is 14.5. The molecule has 150 valence electrons. The Morgan fingerprint density at radius 2 is 1.57 bits per heavy atom. The second-order valence-electron chi connectivity index (χ2n) is 6.34. The van der Waals surface area contributed by atoms with Gasteiger partial charge in [-0.15, -0.1) is 0 Å². The van der Waals surface area contributed by atoms with Crippen molar-refractivity contribution in [3.63, 3.8) is 0 Å². The van der Waals surface area contributed by atoms with Crippen molar-refractivity contribution in [1.82, 2.24) is 0 Å². The molecular formula is C22H18N4O4. The maximum absolute atomic E-state index is 11.3. The Bertz CT molecular complexity index is 1100. The molecule has 0 aromatic heterocycles. The molecule has 0 aliphatic carbocycles. The fourth-order valence-corrected chi connectivity index (χ4v) is 2.71. The van der Waals surface area contributed by atoms with Crippen molar-refractivity contribution < 1.29 is 9.85 Å². The van der Waals surface area contributed by atoms with Crippen molar-refractivity contribution in [2.75, 3.05) is 5.43 Å². The summed E-state index contributed by atoms with van der Waals surface area (Å²) in [7, 11) is 0. The van der Waals surface area contributed by atoms with Crippen LogP contribution in [0.5, 0.6) is 0 Å². The number of non-ortho nitro benzene ring substituents is 1. The molecule has 3 aromatic rings. The van der Waals surface area contributed by atoms with Crippen LogP contribution in [0, 0.1) is 20.2 Å². The first kappa shape index (κ1) is 20.4. The van der Waals surface area contributed by atoms with Crippen molar-refractivity contribution >= 4 is 28.8 Å². The summed E-state index contributed by atoms with van der Waals surface area (Å²) >= 11 is 0. The number of benzene rings is 3. The van der Waals surface area contributed by atoms with Gasteiger partial charge in [-0.05, 0) is 23.3 Å². The topological polar surface area (TPSA) is 111 Å². The fourth-order valence-electron chi connectivity index (χ4n) is 2.71. The van der Waals surface area contributed by atoms with E-state index in [2.05, 4.69) is 10.5 Å². The number of allylic oxidation sites excluding steroid dienone is 1. The third kappa shape index (κ3) is 5.59. The van der Waals surface area contributed by atoms with Gasteiger partial charge in [-0.25, -0.2) is 0 Å². The quantitative estimate of drug-likeness (QED) is 0.315. The summed E-state index contributed by atoms with van der Waals surface area (Å²) in [6.45, 7) is 0. The van der Waals surface area contributed by atoms with Crippen LogP contribution in [-0.2, 0) is 6.42 Å². The Balaban J connectivity index is 1.90. The van der Waals surface area contributed by atoms with Crippen LogP contribution < -0.4 is 5.43 Å². The third-order valence-electron chi connectivity index (χ3n) is 4.20. The maximum Gasteiger partial charge on any atom is 0.301 e. The summed E-state index contributed by atoms with van der Waals surface area (Å²) in [4.78, 5) is 20.9. The Hall–Kier alpha value is -4.33. The van der Waals surface area contributed by atoms with E-state index in [9.17, 15) is 20.2 Å². The van der Waals surface area contributed by atoms with Crippen molar-refractivity contribution in [3.05, 3.63) is 116 Å². The molecule has 8 heteroatoms. The van der Waals surface area contributed by atoms with Crippen LogP contribution in [0.4, 0.5) is 17.1 Å². The van der Waals surface area contributed by atoms with Crippen LogP contribution in [-0.4, -0.2) is 15.6 Å². The van der Waals surface area contributed by atoms with Crippen LogP contribution >= 0.6 is 0 Å². The number of rotatable bonds is 8. The van der Waals surface area contributed by atoms with Gasteiger partial charge in [0, 0.05) is 12.5 Å². The van der Waals surface area contributed by atoms with Crippen molar-refractivity contribution in [3.8, 4) is 0 Å². The monoisotopic (exact) mass is 402 g/mol. The normalized spacial score (nSPS) is 11.4. The third-order valence-corrected chi connectivity index (χ3v) is 4.20. The number of nitrogens with zero attached hydrogens (tertiary/aromatic N) is 3. The molecule has 0 aliphatic heterocycles. The van der Waals surface area contributed by atoms with Crippen LogP contribution in [0.3, 0.4) is 0 Å². The fraction of sp³-hybridized carbons (Fsp3) is 0.0455. The van der Waals surface area contributed by atoms with Crippen molar-refractivity contribution in [2.24, 2.45) is 5.10 Å². The van der Waals surface area contributed by atoms with E-state index < -0.39 is 15.5 Å². The molecule has 0 bridgehead atoms. The molecule has 8 nitrogen and oxygen atoms in total. The average molecular weight is 402 g/mol. The number of anilines is 1. The highest BCUT2D eigenvalue weighted by atomic mass is 16.6. The number of nitro groups is 2. The van der Waals surface area contributed by atoms with E-state index in [1.165, 1.54) is 12.1 Å². The zero-order chi connectivity index (χ0) is 21.3. The molecule has 30 heavy (non-hydrogen) atoms. The Morgan fingerprint density at radius 1 is 0.900 bits per heavy atom. The van der Waals surface area contributed by atoms with Gasteiger partial charge in [0.25, 0.3) is 5.69 Å². The lowest BCUT2D eigenvalue weighted by molar-refractivity contribution is -0.393. The molecule has 0 spiro atoms. The van der Waals surface area contributed by atoms with E-state index >= 15 is 0 Å². The summed E-state index contributed by atoms with van der Waals surface area (Å²) < 4.78 is 0. The number of hydrazone groups is 1. The van der Waals surface area contributed by atoms with Crippen LogP contribution in [0.15, 0.2) is 90.0 Å². The first-order valence-electron chi connectivity index (χ1n) is 9.05. The molecule has 1 N–H and O–H groups in total. The highest BCUT2D eigenvalue weighted by Crippen LogP contribution is 2.29. The van der Waals surface area contributed by atoms with Gasteiger partial charge in [0.15, 0.2) is 0 Å². The summed E-state index contributed by atoms with van der Waals surface area (Å²) in [5.41, 5.74) is 4.63. The Labute approximate surface area is 172 Å². The standard InChI is InChI=1S/C22H18N4O4/c27-25(28)20-13-14-21(22(16-20)26(29)30)24-23-19(15-18-9-5-2-6-10-18)12-11-17-7-3-1-4-8-17/h1-14,16,24H,15H2/b12-11+,23-19+. The molecule has 0 radical (unpaired) electrons. The van der Waals surface area contributed by atoms with Crippen LogP contribution in [0.25, 0.3) is 6.08 Å². The molecule has 3 rings (SSSR count). The maximum atomic E-state index is 11.3. The van der Waals surface area contributed by atoms with Crippen LogP contribution in [0.2, 0.25) is 0 Å². The largest absolute Gasteiger partial charge is 0.301 e. The van der Waals surface area contributed by atoms with Gasteiger partial charge in [-0.3, -0.25) is 25.7 Å². The van der Waals surface area contributed by atoms with E-state index in [0.717, 1.165) is 17.2 Å². The van der Waals surface area contributed by atoms with E-state index in [1.54, 1.807) is 0 Å². The Kier molecular flexibility index (Phi) is 6.63. The van der Waals surface area contributed by atoms with E-state index in [-0.39, 0.29) is 11.4 Å². The lowest BCUT2D eigenvalue weighted by Crippen LogP contribution is -2.05. The first-order valence-corrected chi connectivity index (χ1v) is 9.05. The summed E-state index contributed by atoms with van der Waals surface area (Å²) in [5, 5.41) is 26.6. The number of hydrogen-bond donors (Lipinski definition) is 1. The summed E-state index contributed by atoms with van der Waals surface area (Å²) in [5.74, 6) is 0. The van der Waals surface area contributed by atoms with Gasteiger partial charge in [0.05, 0.1) is 21.6 Å². The molecule has 0 amide bonds. The predicted octanol–water partition coefficient (Wildman–Crippen LogP) is 5.23. The molecule has 0 fully saturated rings. The van der Waals surface area contributed by atoms with Gasteiger partial charge in [-0.2, -0.15) is 5.10 Å². The molecule has 0 unspecified atom stereocenters. The highest BCUT2D eigenvalue weighted by Gasteiger charge is 2.19. The second-order valence-corrected chi connectivity index (χ2v) is 6.34. The lowest BCUT2D eigenvalue weighted by atomic mass is 10.1. The van der Waals surface area contributed by atoms with Gasteiger partial charge >= 0.3 is 5.69 Å². The van der Waals surface area contributed by atoms with Crippen molar-refractivity contribution in [1.29, 1.82) is 0 Å². The van der Waals surface area contributed by atoms with E-state index in [1.807, 2.05) is 72.8 Å². The molecule has 0 aliphatic rings. The van der Waals surface area contributed by atoms with E-state index in [4.69, 9.17) is 0 Å². The summed E-state index contributed by atoms with van der Waals surface area (Å²) in [6, 6.07) is 22.7. The highest BCUT2D eigenvalue weighted by molar-refractivity contribution is 6.00. The minimum Gasteiger partial charge on any atom is -0.271 e. The number of nitrogens with one attached hydrogen (secondary N) is 1. The number of nitro benzene ring substituents is 2. The zero-order valence-electron chi connectivity index (χ0n) is 15.8. The van der Waals surface area contributed by atoms with Gasteiger partial charge < -0.3 is 0 Å². The number of hydrogen-bond acceptors (Lipinski definition) is 6. The molecule has 0 saturated carbocycles. The second kappa shape index (κ2) is 9.74. The van der Waals surface area contributed by atoms with Gasteiger partial charge in [-0.1, -0.05) is 66.7 Å². The molecule has 0 saturated heterocycles.